The molecule has 1 saturated carbocycles. The first-order valence-electron chi connectivity index (χ1n) is 11.7. The van der Waals surface area contributed by atoms with Crippen LogP contribution in [0.5, 0.6) is 11.5 Å². The summed E-state index contributed by atoms with van der Waals surface area (Å²) in [5.41, 5.74) is -3.30. The number of fused-ring (bicyclic) bond motifs is 1. The van der Waals surface area contributed by atoms with Gasteiger partial charge in [0.15, 0.2) is 17.6 Å². The molecule has 0 aromatic heterocycles. The van der Waals surface area contributed by atoms with E-state index in [2.05, 4.69) is 15.2 Å². The standard InChI is InChI=1S/C23H24F3NO6S/c24-23(25,26)34(28,29)33-17-4-3-14-11-16-15-5-6-22(30-9-10-31-22)20-21(15,18(14)19(17)32-20)7-8-27(16)12-13-1-2-13/h3-5,13,16,20H,1-2,6-12H2/t16-,20?,21+/m1/s1. The van der Waals surface area contributed by atoms with E-state index >= 15 is 0 Å². The molecule has 3 atom stereocenters. The number of benzene rings is 1. The fourth-order valence-corrected chi connectivity index (χ4v) is 7.27. The quantitative estimate of drug-likeness (QED) is 0.358. The van der Waals surface area contributed by atoms with Crippen LogP contribution in [-0.2, 0) is 31.4 Å². The lowest BCUT2D eigenvalue weighted by Gasteiger charge is -2.57. The van der Waals surface area contributed by atoms with Gasteiger partial charge in [0.05, 0.1) is 18.6 Å². The van der Waals surface area contributed by atoms with Crippen LogP contribution in [0.25, 0.3) is 0 Å². The largest absolute Gasteiger partial charge is 0.534 e. The molecule has 3 heterocycles. The average molecular weight is 500 g/mol. The zero-order valence-corrected chi connectivity index (χ0v) is 19.1. The van der Waals surface area contributed by atoms with Gasteiger partial charge in [0.1, 0.15) is 0 Å². The van der Waals surface area contributed by atoms with E-state index in [1.807, 2.05) is 0 Å². The molecule has 3 aliphatic heterocycles. The van der Waals surface area contributed by atoms with Crippen LogP contribution in [0.2, 0.25) is 0 Å². The Kier molecular flexibility index (Phi) is 4.22. The Labute approximate surface area is 194 Å². The minimum absolute atomic E-state index is 0.0655. The minimum atomic E-state index is -5.84. The summed E-state index contributed by atoms with van der Waals surface area (Å²) in [7, 11) is -5.84. The van der Waals surface area contributed by atoms with Crippen LogP contribution in [0.15, 0.2) is 23.8 Å². The molecule has 2 bridgehead atoms. The Balaban J connectivity index is 1.39. The highest BCUT2D eigenvalue weighted by Gasteiger charge is 2.69. The molecule has 0 radical (unpaired) electrons. The lowest BCUT2D eigenvalue weighted by Crippen LogP contribution is -2.66. The van der Waals surface area contributed by atoms with Crippen LogP contribution < -0.4 is 8.92 Å². The summed E-state index contributed by atoms with van der Waals surface area (Å²) in [6, 6.07) is 3.14. The number of piperidine rings is 1. The van der Waals surface area contributed by atoms with Gasteiger partial charge in [0.25, 0.3) is 0 Å². The third-order valence-electron chi connectivity index (χ3n) is 8.31. The number of rotatable bonds is 4. The molecule has 2 saturated heterocycles. The second-order valence-electron chi connectivity index (χ2n) is 10.2. The molecular weight excluding hydrogens is 475 g/mol. The zero-order valence-electron chi connectivity index (χ0n) is 18.3. The van der Waals surface area contributed by atoms with Crippen molar-refractivity contribution in [3.63, 3.8) is 0 Å². The highest BCUT2D eigenvalue weighted by atomic mass is 32.2. The van der Waals surface area contributed by atoms with Crippen molar-refractivity contribution in [2.45, 2.75) is 61.0 Å². The molecule has 1 aromatic carbocycles. The highest BCUT2D eigenvalue weighted by molar-refractivity contribution is 7.88. The van der Waals surface area contributed by atoms with Crippen LogP contribution >= 0.6 is 0 Å². The maximum atomic E-state index is 13.1. The van der Waals surface area contributed by atoms with Gasteiger partial charge in [-0.25, -0.2) is 0 Å². The van der Waals surface area contributed by atoms with Crippen LogP contribution in [0, 0.1) is 5.92 Å². The molecule has 6 aliphatic rings. The van der Waals surface area contributed by atoms with Gasteiger partial charge in [-0.1, -0.05) is 12.1 Å². The summed E-state index contributed by atoms with van der Waals surface area (Å²) in [6.07, 6.45) is 5.91. The molecule has 34 heavy (non-hydrogen) atoms. The van der Waals surface area contributed by atoms with Gasteiger partial charge in [-0.15, -0.1) is 0 Å². The van der Waals surface area contributed by atoms with Gasteiger partial charge in [-0.2, -0.15) is 21.6 Å². The molecule has 1 aromatic rings. The van der Waals surface area contributed by atoms with Crippen LogP contribution in [0.1, 0.15) is 36.8 Å². The molecule has 3 fully saturated rings. The summed E-state index contributed by atoms with van der Waals surface area (Å²) < 4.78 is 86.1. The third-order valence-corrected chi connectivity index (χ3v) is 9.28. The Bertz CT molecular complexity index is 1200. The van der Waals surface area contributed by atoms with Gasteiger partial charge >= 0.3 is 15.6 Å². The topological polar surface area (TPSA) is 74.3 Å². The number of alkyl halides is 3. The molecule has 1 unspecified atom stereocenters. The van der Waals surface area contributed by atoms with Crippen LogP contribution in [-0.4, -0.2) is 63.1 Å². The van der Waals surface area contributed by atoms with Crippen molar-refractivity contribution in [3.05, 3.63) is 34.9 Å². The average Bonchev–Trinajstić information content (AvgIpc) is 3.34. The molecule has 0 N–H and O–H groups in total. The van der Waals surface area contributed by atoms with Crippen LogP contribution in [0.4, 0.5) is 13.2 Å². The molecule has 3 aliphatic carbocycles. The Hall–Kier alpha value is -1.82. The van der Waals surface area contributed by atoms with Gasteiger partial charge in [0.2, 0.25) is 5.79 Å². The SMILES string of the molecule is O=S(=O)(Oc1ccc2c3c1OC1C4(CC=C5[C@@H](C2)N(CC2CC2)CC[C@]531)OCCO4)C(F)(F)F. The minimum Gasteiger partial charge on any atom is -0.479 e. The van der Waals surface area contributed by atoms with Gasteiger partial charge < -0.3 is 18.4 Å². The Morgan fingerprint density at radius 2 is 1.94 bits per heavy atom. The van der Waals surface area contributed by atoms with Crippen molar-refractivity contribution in [1.82, 2.24) is 4.90 Å². The van der Waals surface area contributed by atoms with E-state index in [0.29, 0.717) is 32.5 Å². The lowest BCUT2D eigenvalue weighted by molar-refractivity contribution is -0.226. The molecular formula is C23H24F3NO6S. The first-order chi connectivity index (χ1) is 16.1. The maximum absolute atomic E-state index is 13.1. The summed E-state index contributed by atoms with van der Waals surface area (Å²) in [4.78, 5) is 2.53. The first kappa shape index (κ1) is 21.5. The predicted octanol–water partition coefficient (Wildman–Crippen LogP) is 3.03. The maximum Gasteiger partial charge on any atom is 0.534 e. The normalized spacial score (nSPS) is 33.4. The number of halogens is 3. The first-order valence-corrected chi connectivity index (χ1v) is 13.1. The predicted molar refractivity (Wildman–Crippen MR) is 112 cm³/mol. The van der Waals surface area contributed by atoms with Crippen molar-refractivity contribution < 1.29 is 40.0 Å². The summed E-state index contributed by atoms with van der Waals surface area (Å²) in [6.45, 7) is 2.64. The van der Waals surface area contributed by atoms with E-state index in [0.717, 1.165) is 30.1 Å². The Morgan fingerprint density at radius 3 is 2.65 bits per heavy atom. The molecule has 11 heteroatoms. The van der Waals surface area contributed by atoms with Crippen molar-refractivity contribution >= 4 is 10.1 Å². The van der Waals surface area contributed by atoms with Crippen molar-refractivity contribution in [3.8, 4) is 11.5 Å². The van der Waals surface area contributed by atoms with E-state index in [-0.39, 0.29) is 11.8 Å². The molecule has 2 spiro atoms. The van der Waals surface area contributed by atoms with Gasteiger partial charge in [-0.05, 0) is 48.8 Å². The molecule has 0 amide bonds. The molecule has 7 rings (SSSR count). The summed E-state index contributed by atoms with van der Waals surface area (Å²) in [5, 5.41) is 0. The number of ether oxygens (including phenoxy) is 3. The van der Waals surface area contributed by atoms with Gasteiger partial charge in [-0.3, -0.25) is 4.90 Å². The molecule has 7 nitrogen and oxygen atoms in total. The second-order valence-corrected chi connectivity index (χ2v) is 11.7. The van der Waals surface area contributed by atoms with E-state index < -0.39 is 38.7 Å². The van der Waals surface area contributed by atoms with Crippen molar-refractivity contribution in [2.24, 2.45) is 5.92 Å². The zero-order chi connectivity index (χ0) is 23.5. The summed E-state index contributed by atoms with van der Waals surface area (Å²) >= 11 is 0. The number of hydrogen-bond acceptors (Lipinski definition) is 7. The van der Waals surface area contributed by atoms with Gasteiger partial charge in [0, 0.05) is 31.1 Å². The van der Waals surface area contributed by atoms with E-state index in [1.165, 1.54) is 24.5 Å². The fraction of sp³-hybridized carbons (Fsp3) is 0.652. The number of nitrogens with zero attached hydrogens (tertiary/aromatic N) is 1. The fourth-order valence-electron chi connectivity index (χ4n) is 6.81. The third kappa shape index (κ3) is 2.72. The molecule has 184 valence electrons. The smallest absolute Gasteiger partial charge is 0.479 e. The van der Waals surface area contributed by atoms with Crippen LogP contribution in [0.3, 0.4) is 0 Å². The van der Waals surface area contributed by atoms with E-state index in [4.69, 9.17) is 14.2 Å². The monoisotopic (exact) mass is 499 g/mol. The lowest BCUT2D eigenvalue weighted by atomic mass is 9.55. The Morgan fingerprint density at radius 1 is 1.18 bits per heavy atom. The second kappa shape index (κ2) is 6.68. The van der Waals surface area contributed by atoms with Crippen molar-refractivity contribution in [2.75, 3.05) is 26.3 Å². The number of hydrogen-bond donors (Lipinski definition) is 0. The van der Waals surface area contributed by atoms with Crippen molar-refractivity contribution in [1.29, 1.82) is 0 Å². The summed E-state index contributed by atoms with van der Waals surface area (Å²) in [5.74, 6) is -0.704. The van der Waals surface area contributed by atoms with E-state index in [1.54, 1.807) is 6.07 Å². The number of likely N-dealkylation sites (tertiary alicyclic amines) is 1. The van der Waals surface area contributed by atoms with E-state index in [9.17, 15) is 21.6 Å². The highest BCUT2D eigenvalue weighted by Crippen LogP contribution is 2.65.